The number of carbonyl (C=O) groups is 2. The highest BCUT2D eigenvalue weighted by Crippen LogP contribution is 2.27. The fraction of sp³-hybridized carbons (Fsp3) is 0.176. The van der Waals surface area contributed by atoms with Crippen LogP contribution in [0.1, 0.15) is 10.4 Å². The Kier molecular flexibility index (Phi) is 6.08. The van der Waals surface area contributed by atoms with Crippen molar-refractivity contribution in [2.24, 2.45) is 0 Å². The lowest BCUT2D eigenvalue weighted by Gasteiger charge is -2.12. The van der Waals surface area contributed by atoms with E-state index in [1.165, 1.54) is 67.8 Å². The Bertz CT molecular complexity index is 1140. The third kappa shape index (κ3) is 4.38. The van der Waals surface area contributed by atoms with E-state index in [0.717, 1.165) is 14.5 Å². The lowest BCUT2D eigenvalue weighted by Crippen LogP contribution is -2.32. The monoisotopic (exact) mass is 436 g/mol. The summed E-state index contributed by atoms with van der Waals surface area (Å²) in [4.78, 5) is 33.6. The van der Waals surface area contributed by atoms with Crippen LogP contribution in [0.2, 0.25) is 0 Å². The van der Waals surface area contributed by atoms with Gasteiger partial charge in [0, 0.05) is 25.0 Å². The van der Waals surface area contributed by atoms with Crippen molar-refractivity contribution >= 4 is 55.2 Å². The van der Waals surface area contributed by atoms with Gasteiger partial charge in [-0.1, -0.05) is 17.8 Å². The maximum Gasteiger partial charge on any atom is 0.257 e. The molecule has 0 radical (unpaired) electrons. The molecule has 0 aliphatic heterocycles. The summed E-state index contributed by atoms with van der Waals surface area (Å²) in [6.07, 6.45) is 1.43. The molecule has 11 heteroatoms. The Balaban J connectivity index is 1.66. The van der Waals surface area contributed by atoms with Crippen molar-refractivity contribution < 1.29 is 18.0 Å². The number of hydrogen-bond acceptors (Lipinski definition) is 8. The van der Waals surface area contributed by atoms with Gasteiger partial charge in [-0.3, -0.25) is 14.9 Å². The van der Waals surface area contributed by atoms with E-state index in [9.17, 15) is 18.0 Å². The first kappa shape index (κ1) is 20.4. The Morgan fingerprint density at radius 3 is 2.75 bits per heavy atom. The van der Waals surface area contributed by atoms with Gasteiger partial charge in [-0.2, -0.15) is 0 Å². The first-order valence-corrected chi connectivity index (χ1v) is 11.3. The van der Waals surface area contributed by atoms with Crippen LogP contribution in [0.5, 0.6) is 0 Å². The maximum absolute atomic E-state index is 12.3. The van der Waals surface area contributed by atoms with Crippen LogP contribution in [0.3, 0.4) is 0 Å². The molecule has 0 aliphatic rings. The Morgan fingerprint density at radius 2 is 2.00 bits per heavy atom. The molecule has 0 spiro atoms. The van der Waals surface area contributed by atoms with Crippen LogP contribution in [-0.2, 0) is 14.8 Å². The number of nitrogens with zero attached hydrogens (tertiary/aromatic N) is 3. The number of rotatable bonds is 6. The summed E-state index contributed by atoms with van der Waals surface area (Å²) in [5, 5.41) is 5.68. The van der Waals surface area contributed by atoms with Gasteiger partial charge in [0.05, 0.1) is 10.6 Å². The SMILES string of the molecule is CN(C)S(=O)(=O)c1cccc(C(=O)NC(=O)CSc2ncnc3sccc23)c1. The quantitative estimate of drug-likeness (QED) is 0.465. The fourth-order valence-electron chi connectivity index (χ4n) is 2.26. The smallest absolute Gasteiger partial charge is 0.257 e. The van der Waals surface area contributed by atoms with Crippen molar-refractivity contribution in [3.05, 3.63) is 47.6 Å². The van der Waals surface area contributed by atoms with Gasteiger partial charge >= 0.3 is 0 Å². The molecule has 0 saturated heterocycles. The van der Waals surface area contributed by atoms with Crippen molar-refractivity contribution in [1.82, 2.24) is 19.6 Å². The summed E-state index contributed by atoms with van der Waals surface area (Å²) in [5.74, 6) is -1.17. The third-order valence-electron chi connectivity index (χ3n) is 3.69. The largest absolute Gasteiger partial charge is 0.292 e. The second-order valence-corrected chi connectivity index (χ2v) is 9.81. The molecule has 3 rings (SSSR count). The molecule has 1 N–H and O–H groups in total. The summed E-state index contributed by atoms with van der Waals surface area (Å²) in [6.45, 7) is 0. The standard InChI is InChI=1S/C17H16N4O4S3/c1-21(2)28(24,25)12-5-3-4-11(8-12)15(23)20-14(22)9-27-17-13-6-7-26-16(13)18-10-19-17/h3-8,10H,9H2,1-2H3,(H,20,22,23). The number of thiophene rings is 1. The van der Waals surface area contributed by atoms with Crippen molar-refractivity contribution in [3.63, 3.8) is 0 Å². The number of benzene rings is 1. The number of sulfonamides is 1. The van der Waals surface area contributed by atoms with Gasteiger partial charge in [0.1, 0.15) is 16.2 Å². The zero-order valence-corrected chi connectivity index (χ0v) is 17.4. The molecule has 0 unspecified atom stereocenters. The number of aromatic nitrogens is 2. The number of fused-ring (bicyclic) bond motifs is 1. The lowest BCUT2D eigenvalue weighted by molar-refractivity contribution is -0.117. The maximum atomic E-state index is 12.3. The molecule has 146 valence electrons. The molecule has 2 heterocycles. The number of thioether (sulfide) groups is 1. The molecule has 3 aromatic rings. The van der Waals surface area contributed by atoms with Crippen molar-refractivity contribution in [2.45, 2.75) is 9.92 Å². The number of nitrogens with one attached hydrogen (secondary N) is 1. The molecule has 0 bridgehead atoms. The number of imide groups is 1. The highest BCUT2D eigenvalue weighted by Gasteiger charge is 2.19. The Labute approximate surface area is 170 Å². The molecule has 28 heavy (non-hydrogen) atoms. The Hall–Kier alpha value is -2.34. The van der Waals surface area contributed by atoms with Crippen LogP contribution >= 0.6 is 23.1 Å². The summed E-state index contributed by atoms with van der Waals surface area (Å²) in [5.41, 5.74) is 0.0866. The zero-order chi connectivity index (χ0) is 20.3. The van der Waals surface area contributed by atoms with Crippen LogP contribution in [0.25, 0.3) is 10.2 Å². The van der Waals surface area contributed by atoms with E-state index in [1.807, 2.05) is 11.4 Å². The van der Waals surface area contributed by atoms with Crippen molar-refractivity contribution in [1.29, 1.82) is 0 Å². The number of amides is 2. The molecule has 0 saturated carbocycles. The van der Waals surface area contributed by atoms with Crippen LogP contribution < -0.4 is 5.32 Å². The lowest BCUT2D eigenvalue weighted by atomic mass is 10.2. The van der Waals surface area contributed by atoms with Gasteiger partial charge in [-0.25, -0.2) is 22.7 Å². The summed E-state index contributed by atoms with van der Waals surface area (Å²) in [6, 6.07) is 7.42. The number of carbonyl (C=O) groups excluding carboxylic acids is 2. The highest BCUT2D eigenvalue weighted by atomic mass is 32.2. The molecule has 0 atom stereocenters. The summed E-state index contributed by atoms with van der Waals surface area (Å²) in [7, 11) is -0.865. The summed E-state index contributed by atoms with van der Waals surface area (Å²) < 4.78 is 25.4. The van der Waals surface area contributed by atoms with Crippen LogP contribution in [0.15, 0.2) is 52.0 Å². The molecule has 2 aromatic heterocycles. The third-order valence-corrected chi connectivity index (χ3v) is 7.33. The topological polar surface area (TPSA) is 109 Å². The van der Waals surface area contributed by atoms with Gasteiger partial charge < -0.3 is 0 Å². The minimum absolute atomic E-state index is 0.0105. The zero-order valence-electron chi connectivity index (χ0n) is 14.9. The van der Waals surface area contributed by atoms with Crippen molar-refractivity contribution in [3.8, 4) is 0 Å². The number of hydrogen-bond donors (Lipinski definition) is 1. The van der Waals surface area contributed by atoms with E-state index in [-0.39, 0.29) is 16.2 Å². The first-order chi connectivity index (χ1) is 13.3. The van der Waals surface area contributed by atoms with E-state index in [2.05, 4.69) is 15.3 Å². The van der Waals surface area contributed by atoms with Gasteiger partial charge in [0.15, 0.2) is 0 Å². The fourth-order valence-corrected chi connectivity index (χ4v) is 4.79. The molecule has 8 nitrogen and oxygen atoms in total. The molecular formula is C17H16N4O4S3. The molecule has 2 amide bonds. The van der Waals surface area contributed by atoms with E-state index in [1.54, 1.807) is 0 Å². The van der Waals surface area contributed by atoms with Gasteiger partial charge in [-0.05, 0) is 29.6 Å². The second-order valence-electron chi connectivity index (χ2n) is 5.80. The minimum atomic E-state index is -3.67. The average Bonchev–Trinajstić information content (AvgIpc) is 3.15. The molecule has 0 fully saturated rings. The van der Waals surface area contributed by atoms with Gasteiger partial charge in [-0.15, -0.1) is 11.3 Å². The minimum Gasteiger partial charge on any atom is -0.292 e. The van der Waals surface area contributed by atoms with E-state index >= 15 is 0 Å². The van der Waals surface area contributed by atoms with E-state index in [4.69, 9.17) is 0 Å². The van der Waals surface area contributed by atoms with Crippen LogP contribution in [0.4, 0.5) is 0 Å². The normalized spacial score (nSPS) is 11.7. The highest BCUT2D eigenvalue weighted by molar-refractivity contribution is 8.00. The molecule has 1 aromatic carbocycles. The van der Waals surface area contributed by atoms with Crippen molar-refractivity contribution in [2.75, 3.05) is 19.8 Å². The molecule has 0 aliphatic carbocycles. The van der Waals surface area contributed by atoms with Crippen LogP contribution in [-0.4, -0.2) is 54.4 Å². The van der Waals surface area contributed by atoms with E-state index < -0.39 is 21.8 Å². The van der Waals surface area contributed by atoms with Gasteiger partial charge in [0.2, 0.25) is 15.9 Å². The first-order valence-electron chi connectivity index (χ1n) is 7.97. The van der Waals surface area contributed by atoms with Crippen LogP contribution in [0, 0.1) is 0 Å². The predicted molar refractivity (Wildman–Crippen MR) is 108 cm³/mol. The average molecular weight is 437 g/mol. The predicted octanol–water partition coefficient (Wildman–Crippen LogP) is 1.99. The Morgan fingerprint density at radius 1 is 1.21 bits per heavy atom. The van der Waals surface area contributed by atoms with E-state index in [0.29, 0.717) is 5.03 Å². The van der Waals surface area contributed by atoms with Gasteiger partial charge in [0.25, 0.3) is 5.91 Å². The summed E-state index contributed by atoms with van der Waals surface area (Å²) >= 11 is 2.68. The molecular weight excluding hydrogens is 420 g/mol. The second kappa shape index (κ2) is 8.35.